The summed E-state index contributed by atoms with van der Waals surface area (Å²) in [6.07, 6.45) is 3.64. The van der Waals surface area contributed by atoms with Crippen LogP contribution in [0.25, 0.3) is 0 Å². The third kappa shape index (κ3) is 3.09. The van der Waals surface area contributed by atoms with Crippen LogP contribution in [-0.2, 0) is 9.59 Å². The molecule has 0 aromatic carbocycles. The molecule has 0 aromatic heterocycles. The van der Waals surface area contributed by atoms with E-state index in [9.17, 15) is 9.59 Å². The van der Waals surface area contributed by atoms with Crippen LogP contribution in [0.15, 0.2) is 23.4 Å². The van der Waals surface area contributed by atoms with E-state index in [1.165, 1.54) is 0 Å². The molecule has 0 aromatic rings. The quantitative estimate of drug-likeness (QED) is 0.587. The fourth-order valence-electron chi connectivity index (χ4n) is 1.93. The Morgan fingerprint density at radius 2 is 2.24 bits per heavy atom. The van der Waals surface area contributed by atoms with Crippen molar-refractivity contribution in [2.45, 2.75) is 26.3 Å². The Bertz CT molecular complexity index is 388. The van der Waals surface area contributed by atoms with Gasteiger partial charge in [0.1, 0.15) is 0 Å². The molecule has 5 heteroatoms. The van der Waals surface area contributed by atoms with E-state index in [2.05, 4.69) is 5.32 Å². The SMILES string of the molecule is C/C=C1/NC(CC(N)=O)C(C)C(=O)/C1=C/CCl. The molecule has 1 fully saturated rings. The van der Waals surface area contributed by atoms with E-state index >= 15 is 0 Å². The van der Waals surface area contributed by atoms with Gasteiger partial charge in [-0.05, 0) is 6.92 Å². The highest BCUT2D eigenvalue weighted by molar-refractivity contribution is 6.19. The number of nitrogens with two attached hydrogens (primary N) is 1. The monoisotopic (exact) mass is 256 g/mol. The predicted molar refractivity (Wildman–Crippen MR) is 67.5 cm³/mol. The molecule has 0 bridgehead atoms. The molecule has 4 nitrogen and oxygen atoms in total. The normalized spacial score (nSPS) is 29.5. The Morgan fingerprint density at radius 3 is 2.71 bits per heavy atom. The number of rotatable bonds is 3. The van der Waals surface area contributed by atoms with E-state index in [0.29, 0.717) is 5.57 Å². The number of alkyl halides is 1. The minimum Gasteiger partial charge on any atom is -0.381 e. The van der Waals surface area contributed by atoms with Gasteiger partial charge < -0.3 is 11.1 Å². The van der Waals surface area contributed by atoms with Crippen LogP contribution in [-0.4, -0.2) is 23.6 Å². The maximum Gasteiger partial charge on any atom is 0.219 e. The second-order valence-corrected chi connectivity index (χ2v) is 4.36. The number of allylic oxidation sites excluding steroid dienone is 3. The molecule has 1 aliphatic rings. The molecular weight excluding hydrogens is 240 g/mol. The lowest BCUT2D eigenvalue weighted by Crippen LogP contribution is -2.47. The molecule has 3 N–H and O–H groups in total. The number of ketones is 1. The van der Waals surface area contributed by atoms with Gasteiger partial charge in [-0.3, -0.25) is 9.59 Å². The van der Waals surface area contributed by atoms with E-state index < -0.39 is 5.91 Å². The summed E-state index contributed by atoms with van der Waals surface area (Å²) in [5, 5.41) is 3.16. The van der Waals surface area contributed by atoms with Crippen molar-refractivity contribution >= 4 is 23.3 Å². The van der Waals surface area contributed by atoms with E-state index in [1.54, 1.807) is 19.1 Å². The van der Waals surface area contributed by atoms with Crippen LogP contribution in [0.3, 0.4) is 0 Å². The van der Waals surface area contributed by atoms with Crippen LogP contribution < -0.4 is 11.1 Å². The lowest BCUT2D eigenvalue weighted by molar-refractivity contribution is -0.122. The summed E-state index contributed by atoms with van der Waals surface area (Å²) in [6.45, 7) is 3.62. The van der Waals surface area contributed by atoms with Gasteiger partial charge in [-0.2, -0.15) is 0 Å². The number of hydrogen-bond acceptors (Lipinski definition) is 3. The number of amides is 1. The van der Waals surface area contributed by atoms with E-state index in [-0.39, 0.29) is 30.0 Å². The van der Waals surface area contributed by atoms with Gasteiger partial charge in [0, 0.05) is 35.5 Å². The number of carbonyl (C=O) groups is 2. The van der Waals surface area contributed by atoms with Gasteiger partial charge in [-0.25, -0.2) is 0 Å². The highest BCUT2D eigenvalue weighted by Crippen LogP contribution is 2.25. The Hall–Kier alpha value is -1.29. The second-order valence-electron chi connectivity index (χ2n) is 4.05. The average Bonchev–Trinajstić information content (AvgIpc) is 2.28. The number of Topliss-reactive ketones (excluding diaryl/α,β-unsaturated/α-hetero) is 1. The van der Waals surface area contributed by atoms with Crippen LogP contribution in [0.4, 0.5) is 0 Å². The van der Waals surface area contributed by atoms with Gasteiger partial charge in [-0.1, -0.05) is 19.1 Å². The molecule has 17 heavy (non-hydrogen) atoms. The van der Waals surface area contributed by atoms with Gasteiger partial charge >= 0.3 is 0 Å². The first kappa shape index (κ1) is 13.8. The number of primary amides is 1. The standard InChI is InChI=1S/C12H17ClN2O2/c1-3-9-8(4-5-13)12(17)7(2)10(15-9)6-11(14)16/h3-4,7,10,15H,5-6H2,1-2H3,(H2,14,16)/b8-4+,9-3+. The molecule has 94 valence electrons. The summed E-state index contributed by atoms with van der Waals surface area (Å²) >= 11 is 5.63. The van der Waals surface area contributed by atoms with Crippen LogP contribution in [0.1, 0.15) is 20.3 Å². The molecule has 0 spiro atoms. The average molecular weight is 257 g/mol. The highest BCUT2D eigenvalue weighted by atomic mass is 35.5. The van der Waals surface area contributed by atoms with Crippen molar-refractivity contribution in [1.82, 2.24) is 5.32 Å². The first-order valence-corrected chi connectivity index (χ1v) is 6.06. The summed E-state index contributed by atoms with van der Waals surface area (Å²) in [5.41, 5.74) is 6.48. The van der Waals surface area contributed by atoms with Gasteiger partial charge in [0.15, 0.2) is 5.78 Å². The third-order valence-corrected chi connectivity index (χ3v) is 3.06. The second kappa shape index (κ2) is 5.87. The Balaban J connectivity index is 2.98. The lowest BCUT2D eigenvalue weighted by atomic mass is 9.84. The Kier molecular flexibility index (Phi) is 4.75. The van der Waals surface area contributed by atoms with Gasteiger partial charge in [0.25, 0.3) is 0 Å². The van der Waals surface area contributed by atoms with Crippen molar-refractivity contribution in [3.63, 3.8) is 0 Å². The Labute approximate surface area is 106 Å². The van der Waals surface area contributed by atoms with Crippen molar-refractivity contribution in [3.05, 3.63) is 23.4 Å². The molecule has 1 aliphatic heterocycles. The fraction of sp³-hybridized carbons (Fsp3) is 0.500. The minimum absolute atomic E-state index is 0.00347. The third-order valence-electron chi connectivity index (χ3n) is 2.90. The molecule has 1 amide bonds. The number of carbonyl (C=O) groups excluding carboxylic acids is 2. The number of piperidine rings is 1. The van der Waals surface area contributed by atoms with E-state index in [0.717, 1.165) is 5.70 Å². The van der Waals surface area contributed by atoms with Gasteiger partial charge in [0.05, 0.1) is 0 Å². The van der Waals surface area contributed by atoms with E-state index in [1.807, 2.05) is 6.92 Å². The van der Waals surface area contributed by atoms with Crippen molar-refractivity contribution in [3.8, 4) is 0 Å². The minimum atomic E-state index is -0.414. The maximum absolute atomic E-state index is 12.1. The zero-order valence-corrected chi connectivity index (χ0v) is 10.8. The number of hydrogen-bond donors (Lipinski definition) is 2. The zero-order valence-electron chi connectivity index (χ0n) is 10.00. The molecular formula is C12H17ClN2O2. The highest BCUT2D eigenvalue weighted by Gasteiger charge is 2.34. The van der Waals surface area contributed by atoms with Crippen LogP contribution >= 0.6 is 11.6 Å². The maximum atomic E-state index is 12.1. The molecule has 1 rings (SSSR count). The van der Waals surface area contributed by atoms with Crippen molar-refractivity contribution in [1.29, 1.82) is 0 Å². The zero-order chi connectivity index (χ0) is 13.0. The van der Waals surface area contributed by atoms with Crippen molar-refractivity contribution in [2.24, 2.45) is 11.7 Å². The van der Waals surface area contributed by atoms with Gasteiger partial charge in [0.2, 0.25) is 5.91 Å². The topological polar surface area (TPSA) is 72.2 Å². The van der Waals surface area contributed by atoms with E-state index in [4.69, 9.17) is 17.3 Å². The molecule has 0 radical (unpaired) electrons. The first-order chi connectivity index (χ1) is 8.01. The van der Waals surface area contributed by atoms with Gasteiger partial charge in [-0.15, -0.1) is 11.6 Å². The molecule has 1 saturated heterocycles. The number of nitrogens with one attached hydrogen (secondary N) is 1. The molecule has 0 saturated carbocycles. The Morgan fingerprint density at radius 1 is 1.59 bits per heavy atom. The van der Waals surface area contributed by atoms with Crippen LogP contribution in [0, 0.1) is 5.92 Å². The fourth-order valence-corrected chi connectivity index (χ4v) is 2.09. The largest absolute Gasteiger partial charge is 0.381 e. The molecule has 2 atom stereocenters. The summed E-state index contributed by atoms with van der Waals surface area (Å²) in [5.74, 6) is -0.403. The number of halogens is 1. The molecule has 2 unspecified atom stereocenters. The smallest absolute Gasteiger partial charge is 0.219 e. The summed E-state index contributed by atoms with van der Waals surface area (Å²) in [6, 6.07) is -0.237. The predicted octanol–water partition coefficient (Wildman–Crippen LogP) is 1.11. The molecule has 0 aliphatic carbocycles. The summed E-state index contributed by atoms with van der Waals surface area (Å²) in [7, 11) is 0. The molecule has 1 heterocycles. The van der Waals surface area contributed by atoms with Crippen molar-refractivity contribution in [2.75, 3.05) is 5.88 Å². The summed E-state index contributed by atoms with van der Waals surface area (Å²) < 4.78 is 0. The van der Waals surface area contributed by atoms with Crippen molar-refractivity contribution < 1.29 is 9.59 Å². The first-order valence-electron chi connectivity index (χ1n) is 5.53. The van der Waals surface area contributed by atoms with Crippen LogP contribution in [0.2, 0.25) is 0 Å². The summed E-state index contributed by atoms with van der Waals surface area (Å²) in [4.78, 5) is 23.1. The lowest BCUT2D eigenvalue weighted by Gasteiger charge is -2.32. The van der Waals surface area contributed by atoms with Crippen LogP contribution in [0.5, 0.6) is 0 Å².